The van der Waals surface area contributed by atoms with Gasteiger partial charge in [-0.3, -0.25) is 10.1 Å². The van der Waals surface area contributed by atoms with Crippen molar-refractivity contribution in [3.63, 3.8) is 0 Å². The standard InChI is InChI=1S/C20H25N5O3/c1-2-21-20(22-15-16-7-3-4-8-17(16)25(27)28)24-13-11-23(12-14-24)18-9-5-6-10-19(18)26/h3-10,26H,2,11-15H2,1H3,(H,21,22). The summed E-state index contributed by atoms with van der Waals surface area (Å²) in [6, 6.07) is 14.0. The first kappa shape index (κ1) is 19.5. The van der Waals surface area contributed by atoms with E-state index in [0.717, 1.165) is 44.4 Å². The Hall–Kier alpha value is -3.29. The zero-order chi connectivity index (χ0) is 19.9. The Morgan fingerprint density at radius 2 is 1.82 bits per heavy atom. The Bertz CT molecular complexity index is 847. The molecule has 0 amide bonds. The number of aromatic hydroxyl groups is 1. The summed E-state index contributed by atoms with van der Waals surface area (Å²) >= 11 is 0. The molecule has 0 spiro atoms. The molecule has 2 aromatic rings. The van der Waals surface area contributed by atoms with Gasteiger partial charge in [-0.25, -0.2) is 4.99 Å². The molecule has 2 aromatic carbocycles. The first-order chi connectivity index (χ1) is 13.6. The van der Waals surface area contributed by atoms with Crippen molar-refractivity contribution >= 4 is 17.3 Å². The van der Waals surface area contributed by atoms with Crippen molar-refractivity contribution in [1.82, 2.24) is 10.2 Å². The van der Waals surface area contributed by atoms with Crippen molar-refractivity contribution in [2.45, 2.75) is 13.5 Å². The summed E-state index contributed by atoms with van der Waals surface area (Å²) in [5, 5.41) is 24.5. The van der Waals surface area contributed by atoms with E-state index in [1.165, 1.54) is 6.07 Å². The van der Waals surface area contributed by atoms with Crippen LogP contribution in [0.1, 0.15) is 12.5 Å². The fourth-order valence-corrected chi connectivity index (χ4v) is 3.30. The van der Waals surface area contributed by atoms with Crippen molar-refractivity contribution in [2.24, 2.45) is 4.99 Å². The number of nitrogens with one attached hydrogen (secondary N) is 1. The fourth-order valence-electron chi connectivity index (χ4n) is 3.30. The van der Waals surface area contributed by atoms with Crippen LogP contribution in [0.4, 0.5) is 11.4 Å². The summed E-state index contributed by atoms with van der Waals surface area (Å²) < 4.78 is 0. The molecule has 1 heterocycles. The highest BCUT2D eigenvalue weighted by Crippen LogP contribution is 2.27. The van der Waals surface area contributed by atoms with Crippen LogP contribution in [-0.4, -0.2) is 53.6 Å². The molecular formula is C20H25N5O3. The van der Waals surface area contributed by atoms with E-state index in [-0.39, 0.29) is 22.9 Å². The van der Waals surface area contributed by atoms with Gasteiger partial charge in [0, 0.05) is 38.8 Å². The number of nitrogens with zero attached hydrogens (tertiary/aromatic N) is 4. The molecule has 8 nitrogen and oxygen atoms in total. The van der Waals surface area contributed by atoms with Crippen molar-refractivity contribution in [3.8, 4) is 5.75 Å². The molecule has 28 heavy (non-hydrogen) atoms. The first-order valence-electron chi connectivity index (χ1n) is 9.38. The molecule has 2 N–H and O–H groups in total. The maximum Gasteiger partial charge on any atom is 0.274 e. The Morgan fingerprint density at radius 3 is 2.50 bits per heavy atom. The largest absolute Gasteiger partial charge is 0.506 e. The van der Waals surface area contributed by atoms with Gasteiger partial charge in [0.1, 0.15) is 5.75 Å². The normalized spacial score (nSPS) is 14.8. The predicted molar refractivity (Wildman–Crippen MR) is 110 cm³/mol. The van der Waals surface area contributed by atoms with Crippen molar-refractivity contribution in [3.05, 3.63) is 64.2 Å². The van der Waals surface area contributed by atoms with Crippen LogP contribution in [0.3, 0.4) is 0 Å². The van der Waals surface area contributed by atoms with E-state index in [1.54, 1.807) is 24.3 Å². The minimum atomic E-state index is -0.372. The highest BCUT2D eigenvalue weighted by Gasteiger charge is 2.21. The minimum Gasteiger partial charge on any atom is -0.506 e. The van der Waals surface area contributed by atoms with Crippen LogP contribution in [-0.2, 0) is 6.54 Å². The van der Waals surface area contributed by atoms with Crippen LogP contribution in [0.2, 0.25) is 0 Å². The molecule has 0 radical (unpaired) electrons. The topological polar surface area (TPSA) is 94.2 Å². The number of nitro benzene ring substituents is 1. The van der Waals surface area contributed by atoms with Gasteiger partial charge in [-0.05, 0) is 19.1 Å². The van der Waals surface area contributed by atoms with E-state index < -0.39 is 0 Å². The molecule has 0 aromatic heterocycles. The van der Waals surface area contributed by atoms with Crippen molar-refractivity contribution in [1.29, 1.82) is 0 Å². The Kier molecular flexibility index (Phi) is 6.31. The van der Waals surface area contributed by atoms with Crippen molar-refractivity contribution < 1.29 is 10.0 Å². The number of hydrogen-bond acceptors (Lipinski definition) is 5. The monoisotopic (exact) mass is 383 g/mol. The maximum absolute atomic E-state index is 11.2. The number of benzene rings is 2. The first-order valence-corrected chi connectivity index (χ1v) is 9.38. The number of piperazine rings is 1. The third kappa shape index (κ3) is 4.51. The second-order valence-corrected chi connectivity index (χ2v) is 6.52. The number of hydrogen-bond donors (Lipinski definition) is 2. The van der Waals surface area contributed by atoms with Crippen LogP contribution >= 0.6 is 0 Å². The molecule has 0 aliphatic carbocycles. The van der Waals surface area contributed by atoms with Crippen LogP contribution < -0.4 is 10.2 Å². The Morgan fingerprint density at radius 1 is 1.14 bits per heavy atom. The van der Waals surface area contributed by atoms with Crippen LogP contribution in [0.5, 0.6) is 5.75 Å². The number of phenolic OH excluding ortho intramolecular Hbond substituents is 1. The lowest BCUT2D eigenvalue weighted by Gasteiger charge is -2.37. The molecule has 1 saturated heterocycles. The van der Waals surface area contributed by atoms with Gasteiger partial charge >= 0.3 is 0 Å². The number of guanidine groups is 1. The third-order valence-corrected chi connectivity index (χ3v) is 4.72. The van der Waals surface area contributed by atoms with Crippen LogP contribution in [0.25, 0.3) is 0 Å². The Balaban J connectivity index is 1.69. The van der Waals surface area contributed by atoms with Gasteiger partial charge in [-0.15, -0.1) is 0 Å². The van der Waals surface area contributed by atoms with Gasteiger partial charge in [0.2, 0.25) is 0 Å². The second kappa shape index (κ2) is 9.07. The number of para-hydroxylation sites is 3. The van der Waals surface area contributed by atoms with E-state index in [0.29, 0.717) is 5.56 Å². The zero-order valence-electron chi connectivity index (χ0n) is 15.9. The molecule has 0 atom stereocenters. The molecule has 8 heteroatoms. The predicted octanol–water partition coefficient (Wildman–Crippen LogP) is 2.59. The summed E-state index contributed by atoms with van der Waals surface area (Å²) in [4.78, 5) is 19.7. The molecule has 1 aliphatic rings. The lowest BCUT2D eigenvalue weighted by molar-refractivity contribution is -0.385. The maximum atomic E-state index is 11.2. The van der Waals surface area contributed by atoms with E-state index in [2.05, 4.69) is 20.1 Å². The van der Waals surface area contributed by atoms with E-state index in [4.69, 9.17) is 0 Å². The highest BCUT2D eigenvalue weighted by atomic mass is 16.6. The molecule has 0 unspecified atom stereocenters. The fraction of sp³-hybridized carbons (Fsp3) is 0.350. The summed E-state index contributed by atoms with van der Waals surface area (Å²) in [6.45, 7) is 5.97. The quantitative estimate of drug-likeness (QED) is 0.357. The summed E-state index contributed by atoms with van der Waals surface area (Å²) in [6.07, 6.45) is 0. The van der Waals surface area contributed by atoms with Gasteiger partial charge in [0.05, 0.1) is 22.7 Å². The zero-order valence-corrected chi connectivity index (χ0v) is 15.9. The van der Waals surface area contributed by atoms with E-state index >= 15 is 0 Å². The third-order valence-electron chi connectivity index (χ3n) is 4.72. The van der Waals surface area contributed by atoms with Crippen LogP contribution in [0, 0.1) is 10.1 Å². The molecule has 0 bridgehead atoms. The van der Waals surface area contributed by atoms with E-state index in [1.807, 2.05) is 25.1 Å². The number of nitro groups is 1. The lowest BCUT2D eigenvalue weighted by Crippen LogP contribution is -2.52. The van der Waals surface area contributed by atoms with E-state index in [9.17, 15) is 15.2 Å². The SMILES string of the molecule is CCNC(=NCc1ccccc1[N+](=O)[O-])N1CCN(c2ccccc2O)CC1. The smallest absolute Gasteiger partial charge is 0.274 e. The van der Waals surface area contributed by atoms with Gasteiger partial charge in [0.15, 0.2) is 5.96 Å². The number of phenols is 1. The lowest BCUT2D eigenvalue weighted by atomic mass is 10.2. The molecule has 148 valence electrons. The Labute approximate surface area is 164 Å². The average Bonchev–Trinajstić information content (AvgIpc) is 2.72. The van der Waals surface area contributed by atoms with Gasteiger partial charge in [-0.2, -0.15) is 0 Å². The van der Waals surface area contributed by atoms with Crippen molar-refractivity contribution in [2.75, 3.05) is 37.6 Å². The summed E-state index contributed by atoms with van der Waals surface area (Å²) in [5.41, 5.74) is 1.52. The van der Waals surface area contributed by atoms with Gasteiger partial charge < -0.3 is 20.2 Å². The average molecular weight is 383 g/mol. The minimum absolute atomic E-state index is 0.0893. The molecule has 1 aliphatic heterocycles. The summed E-state index contributed by atoms with van der Waals surface area (Å²) in [7, 11) is 0. The highest BCUT2D eigenvalue weighted by molar-refractivity contribution is 5.80. The molecular weight excluding hydrogens is 358 g/mol. The summed E-state index contributed by atoms with van der Waals surface area (Å²) in [5.74, 6) is 1.03. The van der Waals surface area contributed by atoms with Gasteiger partial charge in [0.25, 0.3) is 5.69 Å². The van der Waals surface area contributed by atoms with Gasteiger partial charge in [-0.1, -0.05) is 30.3 Å². The molecule has 1 fully saturated rings. The number of aliphatic imine (C=N–C) groups is 1. The van der Waals surface area contributed by atoms with Crippen LogP contribution in [0.15, 0.2) is 53.5 Å². The molecule has 3 rings (SSSR count). The second-order valence-electron chi connectivity index (χ2n) is 6.52. The number of rotatable bonds is 5. The molecule has 0 saturated carbocycles. The number of anilines is 1.